The lowest BCUT2D eigenvalue weighted by Gasteiger charge is -2.41. The Kier molecular flexibility index (Phi) is 4.94. The van der Waals surface area contributed by atoms with Gasteiger partial charge in [-0.15, -0.1) is 0 Å². The van der Waals surface area contributed by atoms with Crippen molar-refractivity contribution >= 4 is 28.9 Å². The highest BCUT2D eigenvalue weighted by molar-refractivity contribution is 6.05. The molecule has 146 valence electrons. The molecular weight excluding hydrogens is 352 g/mol. The number of nitrogens with one attached hydrogen (secondary N) is 2. The van der Waals surface area contributed by atoms with Gasteiger partial charge in [0.05, 0.1) is 11.4 Å². The summed E-state index contributed by atoms with van der Waals surface area (Å²) in [7, 11) is 4.00. The quantitative estimate of drug-likeness (QED) is 0.859. The van der Waals surface area contributed by atoms with Gasteiger partial charge in [0.2, 0.25) is 5.91 Å². The molecule has 6 nitrogen and oxygen atoms in total. The summed E-state index contributed by atoms with van der Waals surface area (Å²) >= 11 is 0. The average molecular weight is 378 g/mol. The van der Waals surface area contributed by atoms with Crippen molar-refractivity contribution < 1.29 is 9.59 Å². The second-order valence-corrected chi connectivity index (χ2v) is 7.67. The topological polar surface area (TPSA) is 64.7 Å². The summed E-state index contributed by atoms with van der Waals surface area (Å²) in [4.78, 5) is 29.2. The van der Waals surface area contributed by atoms with Gasteiger partial charge in [-0.25, -0.2) is 0 Å². The highest BCUT2D eigenvalue weighted by atomic mass is 16.2. The fourth-order valence-corrected chi connectivity index (χ4v) is 3.93. The van der Waals surface area contributed by atoms with E-state index in [0.29, 0.717) is 12.1 Å². The maximum atomic E-state index is 12.6. The van der Waals surface area contributed by atoms with Crippen molar-refractivity contribution in [2.24, 2.45) is 0 Å². The number of benzene rings is 2. The molecule has 0 aromatic heterocycles. The molecule has 2 aliphatic rings. The lowest BCUT2D eigenvalue weighted by molar-refractivity contribution is -0.118. The molecule has 0 bridgehead atoms. The first-order valence-corrected chi connectivity index (χ1v) is 9.79. The zero-order valence-corrected chi connectivity index (χ0v) is 16.4. The van der Waals surface area contributed by atoms with Crippen LogP contribution < -0.4 is 20.4 Å². The van der Waals surface area contributed by atoms with Gasteiger partial charge in [-0.05, 0) is 55.2 Å². The molecule has 1 fully saturated rings. The van der Waals surface area contributed by atoms with E-state index in [2.05, 4.69) is 15.5 Å². The largest absolute Gasteiger partial charge is 0.378 e. The Labute approximate surface area is 165 Å². The molecule has 2 aromatic rings. The summed E-state index contributed by atoms with van der Waals surface area (Å²) in [6.45, 7) is 1.35. The lowest BCUT2D eigenvalue weighted by Crippen LogP contribution is -2.50. The van der Waals surface area contributed by atoms with Crippen molar-refractivity contribution in [2.75, 3.05) is 35.8 Å². The maximum Gasteiger partial charge on any atom is 0.251 e. The number of carbonyl (C=O) groups excluding carboxylic acids is 2. The lowest BCUT2D eigenvalue weighted by atomic mass is 9.97. The molecule has 2 aliphatic heterocycles. The number of hydrogen-bond acceptors (Lipinski definition) is 4. The Balaban J connectivity index is 1.45. The van der Waals surface area contributed by atoms with E-state index in [4.69, 9.17) is 0 Å². The summed E-state index contributed by atoms with van der Waals surface area (Å²) < 4.78 is 0. The van der Waals surface area contributed by atoms with Crippen molar-refractivity contribution in [1.82, 2.24) is 5.32 Å². The number of anilines is 3. The Bertz CT molecular complexity index is 892. The molecule has 0 spiro atoms. The molecule has 2 amide bonds. The van der Waals surface area contributed by atoms with Crippen LogP contribution in [0.2, 0.25) is 0 Å². The van der Waals surface area contributed by atoms with Gasteiger partial charge in [-0.2, -0.15) is 0 Å². The highest BCUT2D eigenvalue weighted by Gasteiger charge is 2.34. The zero-order valence-electron chi connectivity index (χ0n) is 16.4. The van der Waals surface area contributed by atoms with Gasteiger partial charge in [0.15, 0.2) is 0 Å². The first-order valence-electron chi connectivity index (χ1n) is 9.79. The van der Waals surface area contributed by atoms with Crippen LogP contribution in [0.5, 0.6) is 0 Å². The minimum atomic E-state index is -0.144. The number of amides is 2. The summed E-state index contributed by atoms with van der Waals surface area (Å²) in [5, 5.41) is 5.94. The van der Waals surface area contributed by atoms with E-state index in [1.807, 2.05) is 55.4 Å². The van der Waals surface area contributed by atoms with Crippen LogP contribution in [0.15, 0.2) is 42.5 Å². The predicted molar refractivity (Wildman–Crippen MR) is 112 cm³/mol. The van der Waals surface area contributed by atoms with Crippen molar-refractivity contribution in [1.29, 1.82) is 0 Å². The van der Waals surface area contributed by atoms with E-state index in [9.17, 15) is 9.59 Å². The Morgan fingerprint density at radius 3 is 2.71 bits per heavy atom. The average Bonchev–Trinajstić information content (AvgIpc) is 2.72. The fourth-order valence-electron chi connectivity index (χ4n) is 3.93. The van der Waals surface area contributed by atoms with Gasteiger partial charge in [0.25, 0.3) is 5.91 Å². The van der Waals surface area contributed by atoms with Gasteiger partial charge in [0, 0.05) is 38.4 Å². The monoisotopic (exact) mass is 378 g/mol. The summed E-state index contributed by atoms with van der Waals surface area (Å²) in [5.41, 5.74) is 4.46. The Hall–Kier alpha value is -3.02. The summed E-state index contributed by atoms with van der Waals surface area (Å²) in [6.07, 6.45) is 3.07. The Morgan fingerprint density at radius 1 is 1.18 bits per heavy atom. The first kappa shape index (κ1) is 18.3. The number of piperidine rings is 1. The van der Waals surface area contributed by atoms with E-state index in [0.717, 1.165) is 48.4 Å². The van der Waals surface area contributed by atoms with Crippen molar-refractivity contribution in [3.63, 3.8) is 0 Å². The molecule has 0 aliphatic carbocycles. The van der Waals surface area contributed by atoms with Gasteiger partial charge in [0.1, 0.15) is 6.04 Å². The zero-order chi connectivity index (χ0) is 19.7. The van der Waals surface area contributed by atoms with Crippen LogP contribution in [0.25, 0.3) is 0 Å². The normalized spacial score (nSPS) is 18.0. The van der Waals surface area contributed by atoms with Crippen molar-refractivity contribution in [3.05, 3.63) is 53.6 Å². The van der Waals surface area contributed by atoms with Crippen LogP contribution >= 0.6 is 0 Å². The van der Waals surface area contributed by atoms with E-state index >= 15 is 0 Å². The van der Waals surface area contributed by atoms with E-state index < -0.39 is 0 Å². The minimum absolute atomic E-state index is 0.0331. The summed E-state index contributed by atoms with van der Waals surface area (Å²) in [5.74, 6) is -0.111. The standard InChI is InChI=1S/C22H26N4O2/c1-25(2)17-9-6-15(7-10-17)14-23-21(27)16-8-11-19-18(13-16)24-22(28)20-5-3-4-12-26(19)20/h6-11,13,20H,3-5,12,14H2,1-2H3,(H,23,27)(H,24,28)/t20-/m0/s1. The molecule has 2 heterocycles. The molecule has 28 heavy (non-hydrogen) atoms. The molecule has 4 rings (SSSR count). The Morgan fingerprint density at radius 2 is 1.96 bits per heavy atom. The van der Waals surface area contributed by atoms with Crippen LogP contribution in [-0.2, 0) is 11.3 Å². The molecule has 2 aromatic carbocycles. The second-order valence-electron chi connectivity index (χ2n) is 7.67. The predicted octanol–water partition coefficient (Wildman–Crippen LogP) is 2.99. The molecule has 0 radical (unpaired) electrons. The second kappa shape index (κ2) is 7.54. The summed E-state index contributed by atoms with van der Waals surface area (Å²) in [6, 6.07) is 13.6. The van der Waals surface area contributed by atoms with Crippen molar-refractivity contribution in [2.45, 2.75) is 31.8 Å². The number of fused-ring (bicyclic) bond motifs is 3. The van der Waals surface area contributed by atoms with Crippen LogP contribution in [-0.4, -0.2) is 38.5 Å². The van der Waals surface area contributed by atoms with Crippen molar-refractivity contribution in [3.8, 4) is 0 Å². The third kappa shape index (κ3) is 3.54. The smallest absolute Gasteiger partial charge is 0.251 e. The number of nitrogens with zero attached hydrogens (tertiary/aromatic N) is 2. The first-order chi connectivity index (χ1) is 13.5. The molecule has 2 N–H and O–H groups in total. The highest BCUT2D eigenvalue weighted by Crippen LogP contribution is 2.36. The molecule has 0 unspecified atom stereocenters. The minimum Gasteiger partial charge on any atom is -0.378 e. The van der Waals surface area contributed by atoms with Crippen LogP contribution in [0.1, 0.15) is 35.2 Å². The van der Waals surface area contributed by atoms with E-state index in [1.165, 1.54) is 0 Å². The van der Waals surface area contributed by atoms with Gasteiger partial charge in [-0.1, -0.05) is 12.1 Å². The van der Waals surface area contributed by atoms with E-state index in [-0.39, 0.29) is 17.9 Å². The fraction of sp³-hybridized carbons (Fsp3) is 0.364. The number of carbonyl (C=O) groups is 2. The van der Waals surface area contributed by atoms with Crippen LogP contribution in [0.4, 0.5) is 17.1 Å². The molecule has 1 saturated heterocycles. The number of rotatable bonds is 4. The van der Waals surface area contributed by atoms with Gasteiger partial charge in [-0.3, -0.25) is 9.59 Å². The molecule has 6 heteroatoms. The maximum absolute atomic E-state index is 12.6. The van der Waals surface area contributed by atoms with E-state index in [1.54, 1.807) is 6.07 Å². The molecular formula is C22H26N4O2. The number of hydrogen-bond donors (Lipinski definition) is 2. The SMILES string of the molecule is CN(C)c1ccc(CNC(=O)c2ccc3c(c2)NC(=O)[C@@H]2CCCCN32)cc1. The van der Waals surface area contributed by atoms with Crippen LogP contribution in [0, 0.1) is 0 Å². The molecule has 1 atom stereocenters. The molecule has 0 saturated carbocycles. The third-order valence-electron chi connectivity index (χ3n) is 5.54. The van der Waals surface area contributed by atoms with Gasteiger partial charge >= 0.3 is 0 Å². The van der Waals surface area contributed by atoms with Crippen LogP contribution in [0.3, 0.4) is 0 Å². The third-order valence-corrected chi connectivity index (χ3v) is 5.54. The van der Waals surface area contributed by atoms with Gasteiger partial charge < -0.3 is 20.4 Å².